The summed E-state index contributed by atoms with van der Waals surface area (Å²) in [6.45, 7) is 1.74. The number of H-pyrrole nitrogens is 1. The predicted octanol–water partition coefficient (Wildman–Crippen LogP) is 1.45. The largest absolute Gasteiger partial charge is 0.363 e. The molecule has 156 valence electrons. The molecule has 0 aliphatic carbocycles. The lowest BCUT2D eigenvalue weighted by Crippen LogP contribution is -2.47. The van der Waals surface area contributed by atoms with Crippen molar-refractivity contribution in [3.8, 4) is 5.82 Å². The van der Waals surface area contributed by atoms with E-state index in [1.54, 1.807) is 42.1 Å². The third kappa shape index (κ3) is 3.93. The average Bonchev–Trinajstić information content (AvgIpc) is 3.37. The van der Waals surface area contributed by atoms with Crippen molar-refractivity contribution in [2.45, 2.75) is 19.4 Å². The standard InChI is InChI=1S/C22H20N6O3/c1-13-25-12-18(28(13)19-8-4-5-9-24-19)22(31)27-17(20(29)21(23)30)10-14-11-26-16-7-3-2-6-15(14)16/h2-9,11-12,17,26H,10H2,1H3,(H2,23,30)(H,27,31). The Hall–Kier alpha value is -4.27. The third-order valence-corrected chi connectivity index (χ3v) is 5.01. The molecule has 0 bridgehead atoms. The second-order valence-corrected chi connectivity index (χ2v) is 7.03. The number of aromatic amines is 1. The van der Waals surface area contributed by atoms with E-state index >= 15 is 0 Å². The lowest BCUT2D eigenvalue weighted by molar-refractivity contribution is -0.137. The quantitative estimate of drug-likeness (QED) is 0.392. The summed E-state index contributed by atoms with van der Waals surface area (Å²) in [5.41, 5.74) is 7.10. The number of hydrogen-bond acceptors (Lipinski definition) is 5. The van der Waals surface area contributed by atoms with Gasteiger partial charge in [-0.1, -0.05) is 24.3 Å². The van der Waals surface area contributed by atoms with Crippen LogP contribution in [0.1, 0.15) is 21.9 Å². The van der Waals surface area contributed by atoms with E-state index in [4.69, 9.17) is 5.73 Å². The zero-order valence-corrected chi connectivity index (χ0v) is 16.7. The number of carbonyl (C=O) groups excluding carboxylic acids is 3. The SMILES string of the molecule is Cc1ncc(C(=O)NC(Cc2c[nH]c3ccccc23)C(=O)C(N)=O)n1-c1ccccn1. The first kappa shape index (κ1) is 20.0. The number of pyridine rings is 1. The van der Waals surface area contributed by atoms with Crippen molar-refractivity contribution in [3.63, 3.8) is 0 Å². The Morgan fingerprint density at radius 2 is 1.90 bits per heavy atom. The predicted molar refractivity (Wildman–Crippen MR) is 114 cm³/mol. The monoisotopic (exact) mass is 416 g/mol. The number of para-hydroxylation sites is 1. The van der Waals surface area contributed by atoms with E-state index in [2.05, 4.69) is 20.3 Å². The van der Waals surface area contributed by atoms with E-state index in [-0.39, 0.29) is 12.1 Å². The van der Waals surface area contributed by atoms with Gasteiger partial charge in [-0.25, -0.2) is 9.97 Å². The van der Waals surface area contributed by atoms with E-state index in [0.29, 0.717) is 11.6 Å². The average molecular weight is 416 g/mol. The Bertz CT molecular complexity index is 1270. The Morgan fingerprint density at radius 3 is 2.65 bits per heavy atom. The number of nitrogens with zero attached hydrogens (tertiary/aromatic N) is 3. The van der Waals surface area contributed by atoms with Crippen molar-refractivity contribution in [1.82, 2.24) is 24.8 Å². The number of amides is 2. The number of benzene rings is 1. The van der Waals surface area contributed by atoms with Crippen LogP contribution in [-0.2, 0) is 16.0 Å². The summed E-state index contributed by atoms with van der Waals surface area (Å²) in [7, 11) is 0. The molecule has 4 aromatic rings. The molecule has 1 atom stereocenters. The number of rotatable bonds is 7. The van der Waals surface area contributed by atoms with E-state index in [1.165, 1.54) is 6.20 Å². The Morgan fingerprint density at radius 1 is 1.13 bits per heavy atom. The number of Topliss-reactive ketones (excluding diaryl/α,β-unsaturated/α-hetero) is 1. The normalized spacial score (nSPS) is 11.9. The second kappa shape index (κ2) is 8.23. The van der Waals surface area contributed by atoms with Gasteiger partial charge in [-0.15, -0.1) is 0 Å². The smallest absolute Gasteiger partial charge is 0.287 e. The molecule has 9 nitrogen and oxygen atoms in total. The molecule has 0 aliphatic rings. The number of nitrogens with one attached hydrogen (secondary N) is 2. The van der Waals surface area contributed by atoms with Crippen LogP contribution in [0.4, 0.5) is 0 Å². The number of aryl methyl sites for hydroxylation is 1. The summed E-state index contributed by atoms with van der Waals surface area (Å²) in [5, 5.41) is 3.55. The first-order valence-electron chi connectivity index (χ1n) is 9.61. The number of fused-ring (bicyclic) bond motifs is 1. The number of hydrogen-bond donors (Lipinski definition) is 3. The summed E-state index contributed by atoms with van der Waals surface area (Å²) in [6, 6.07) is 11.7. The second-order valence-electron chi connectivity index (χ2n) is 7.03. The Balaban J connectivity index is 1.65. The van der Waals surface area contributed by atoms with Crippen LogP contribution in [-0.4, -0.2) is 43.2 Å². The van der Waals surface area contributed by atoms with Crippen LogP contribution in [0.2, 0.25) is 0 Å². The molecule has 0 saturated heterocycles. The molecule has 3 heterocycles. The summed E-state index contributed by atoms with van der Waals surface area (Å²) in [6.07, 6.45) is 4.86. The highest BCUT2D eigenvalue weighted by molar-refractivity contribution is 6.38. The van der Waals surface area contributed by atoms with Crippen LogP contribution in [0.5, 0.6) is 0 Å². The van der Waals surface area contributed by atoms with Gasteiger partial charge in [-0.3, -0.25) is 19.0 Å². The minimum absolute atomic E-state index is 0.105. The third-order valence-electron chi connectivity index (χ3n) is 5.01. The molecule has 0 saturated carbocycles. The summed E-state index contributed by atoms with van der Waals surface area (Å²) in [5.74, 6) is -1.49. The van der Waals surface area contributed by atoms with Crippen molar-refractivity contribution in [2.75, 3.05) is 0 Å². The van der Waals surface area contributed by atoms with Gasteiger partial charge in [0, 0.05) is 29.7 Å². The van der Waals surface area contributed by atoms with Gasteiger partial charge >= 0.3 is 0 Å². The molecule has 2 amide bonds. The fraction of sp³-hybridized carbons (Fsp3) is 0.136. The van der Waals surface area contributed by atoms with E-state index < -0.39 is 23.6 Å². The van der Waals surface area contributed by atoms with Gasteiger partial charge in [0.2, 0.25) is 5.78 Å². The summed E-state index contributed by atoms with van der Waals surface area (Å²) >= 11 is 0. The molecular weight excluding hydrogens is 396 g/mol. The highest BCUT2D eigenvalue weighted by Gasteiger charge is 2.28. The van der Waals surface area contributed by atoms with Gasteiger partial charge in [0.25, 0.3) is 11.8 Å². The van der Waals surface area contributed by atoms with Crippen LogP contribution < -0.4 is 11.1 Å². The zero-order valence-electron chi connectivity index (χ0n) is 16.7. The van der Waals surface area contributed by atoms with Crippen molar-refractivity contribution in [3.05, 3.63) is 78.1 Å². The number of imidazole rings is 1. The van der Waals surface area contributed by atoms with Gasteiger partial charge in [0.05, 0.1) is 6.20 Å². The number of ketones is 1. The Labute approximate surface area is 177 Å². The fourth-order valence-corrected chi connectivity index (χ4v) is 3.51. The van der Waals surface area contributed by atoms with Crippen LogP contribution in [0.3, 0.4) is 0 Å². The number of nitrogens with two attached hydrogens (primary N) is 1. The minimum Gasteiger partial charge on any atom is -0.363 e. The molecule has 31 heavy (non-hydrogen) atoms. The van der Waals surface area contributed by atoms with Gasteiger partial charge in [0.1, 0.15) is 23.4 Å². The summed E-state index contributed by atoms with van der Waals surface area (Å²) < 4.78 is 1.58. The molecule has 4 N–H and O–H groups in total. The molecule has 4 rings (SSSR count). The zero-order chi connectivity index (χ0) is 22.0. The molecule has 1 unspecified atom stereocenters. The number of primary amides is 1. The molecule has 0 fully saturated rings. The molecule has 0 aliphatic heterocycles. The topological polar surface area (TPSA) is 136 Å². The first-order valence-corrected chi connectivity index (χ1v) is 9.61. The molecular formula is C22H20N6O3. The Kier molecular flexibility index (Phi) is 5.31. The van der Waals surface area contributed by atoms with E-state index in [9.17, 15) is 14.4 Å². The summed E-state index contributed by atoms with van der Waals surface area (Å²) in [4.78, 5) is 48.8. The number of aromatic nitrogens is 4. The maximum atomic E-state index is 13.1. The van der Waals surface area contributed by atoms with Gasteiger partial charge in [0.15, 0.2) is 0 Å². The first-order chi connectivity index (χ1) is 15.0. The van der Waals surface area contributed by atoms with Crippen molar-refractivity contribution in [1.29, 1.82) is 0 Å². The maximum absolute atomic E-state index is 13.1. The molecule has 3 aromatic heterocycles. The highest BCUT2D eigenvalue weighted by Crippen LogP contribution is 2.20. The van der Waals surface area contributed by atoms with Crippen LogP contribution in [0, 0.1) is 6.92 Å². The van der Waals surface area contributed by atoms with Gasteiger partial charge in [-0.05, 0) is 30.7 Å². The minimum atomic E-state index is -1.13. The molecule has 0 spiro atoms. The lowest BCUT2D eigenvalue weighted by atomic mass is 10.0. The highest BCUT2D eigenvalue weighted by atomic mass is 16.2. The van der Waals surface area contributed by atoms with Crippen LogP contribution in [0.15, 0.2) is 61.1 Å². The van der Waals surface area contributed by atoms with Gasteiger partial charge < -0.3 is 16.0 Å². The molecule has 1 aromatic carbocycles. The van der Waals surface area contributed by atoms with Crippen molar-refractivity contribution < 1.29 is 14.4 Å². The fourth-order valence-electron chi connectivity index (χ4n) is 3.51. The van der Waals surface area contributed by atoms with Crippen molar-refractivity contribution in [2.24, 2.45) is 5.73 Å². The van der Waals surface area contributed by atoms with E-state index in [0.717, 1.165) is 16.5 Å². The lowest BCUT2D eigenvalue weighted by Gasteiger charge is -2.17. The van der Waals surface area contributed by atoms with Gasteiger partial charge in [-0.2, -0.15) is 0 Å². The maximum Gasteiger partial charge on any atom is 0.287 e. The van der Waals surface area contributed by atoms with Crippen LogP contribution >= 0.6 is 0 Å². The molecule has 9 heteroatoms. The number of carbonyl (C=O) groups is 3. The van der Waals surface area contributed by atoms with E-state index in [1.807, 2.05) is 24.3 Å². The van der Waals surface area contributed by atoms with Crippen molar-refractivity contribution >= 4 is 28.5 Å². The van der Waals surface area contributed by atoms with Crippen LogP contribution in [0.25, 0.3) is 16.7 Å². The molecule has 0 radical (unpaired) electrons.